The Bertz CT molecular complexity index is 913. The van der Waals surface area contributed by atoms with E-state index in [1.807, 2.05) is 14.0 Å². The number of hydrogen-bond acceptors (Lipinski definition) is 4. The average molecular weight is 390 g/mol. The second kappa shape index (κ2) is 6.55. The van der Waals surface area contributed by atoms with Gasteiger partial charge in [-0.05, 0) is 51.4 Å². The van der Waals surface area contributed by atoms with Crippen LogP contribution >= 0.6 is 0 Å². The maximum absolute atomic E-state index is 12.8. The first-order valence-corrected chi connectivity index (χ1v) is 9.25. The maximum Gasteiger partial charge on any atom is 0.416 e. The van der Waals surface area contributed by atoms with E-state index in [1.54, 1.807) is 6.07 Å². The molecule has 4 rings (SSSR count). The van der Waals surface area contributed by atoms with Gasteiger partial charge in [-0.1, -0.05) is 12.1 Å². The molecule has 1 spiro atoms. The molecule has 0 radical (unpaired) electrons. The summed E-state index contributed by atoms with van der Waals surface area (Å²) in [6.07, 6.45) is -2.10. The molecule has 2 unspecified atom stereocenters. The van der Waals surface area contributed by atoms with Crippen LogP contribution in [0.1, 0.15) is 42.4 Å². The number of aryl methyl sites for hydroxylation is 1. The molecule has 5 nitrogen and oxygen atoms in total. The fraction of sp³-hybridized carbons (Fsp3) is 0.450. The van der Waals surface area contributed by atoms with E-state index in [0.29, 0.717) is 23.6 Å². The number of carbonyl (C=O) groups excluding carboxylic acids is 1. The zero-order valence-corrected chi connectivity index (χ0v) is 15.7. The summed E-state index contributed by atoms with van der Waals surface area (Å²) in [4.78, 5) is 23.6. The largest absolute Gasteiger partial charge is 0.416 e. The number of hydrogen-bond donors (Lipinski definition) is 1. The van der Waals surface area contributed by atoms with Crippen molar-refractivity contribution >= 4 is 5.91 Å². The number of aromatic nitrogens is 2. The van der Waals surface area contributed by atoms with Crippen LogP contribution in [-0.4, -0.2) is 39.9 Å². The van der Waals surface area contributed by atoms with E-state index in [9.17, 15) is 18.0 Å². The molecule has 2 atom stereocenters. The van der Waals surface area contributed by atoms with Gasteiger partial charge in [-0.2, -0.15) is 13.2 Å². The summed E-state index contributed by atoms with van der Waals surface area (Å²) in [7, 11) is 1.92. The predicted molar refractivity (Wildman–Crippen MR) is 97.3 cm³/mol. The number of halogens is 3. The summed E-state index contributed by atoms with van der Waals surface area (Å²) in [5, 5.41) is 2.91. The van der Waals surface area contributed by atoms with Crippen LogP contribution in [0, 0.1) is 6.92 Å². The first-order chi connectivity index (χ1) is 13.2. The Morgan fingerprint density at radius 3 is 2.50 bits per heavy atom. The van der Waals surface area contributed by atoms with E-state index in [-0.39, 0.29) is 11.9 Å². The third kappa shape index (κ3) is 3.05. The summed E-state index contributed by atoms with van der Waals surface area (Å²) < 4.78 is 38.4. The van der Waals surface area contributed by atoms with Gasteiger partial charge in [0.15, 0.2) is 0 Å². The van der Waals surface area contributed by atoms with Gasteiger partial charge in [-0.15, -0.1) is 0 Å². The summed E-state index contributed by atoms with van der Waals surface area (Å²) >= 11 is 0. The number of benzene rings is 1. The summed E-state index contributed by atoms with van der Waals surface area (Å²) in [6.45, 7) is 2.51. The second-order valence-corrected chi connectivity index (χ2v) is 7.53. The lowest BCUT2D eigenvalue weighted by Gasteiger charge is -2.32. The van der Waals surface area contributed by atoms with Gasteiger partial charge in [-0.3, -0.25) is 9.69 Å². The van der Waals surface area contributed by atoms with Gasteiger partial charge in [0.05, 0.1) is 17.3 Å². The van der Waals surface area contributed by atoms with Crippen LogP contribution in [0.5, 0.6) is 0 Å². The molecule has 2 aromatic rings. The number of likely N-dealkylation sites (N-methyl/N-ethyl adjacent to an activating group) is 1. The topological polar surface area (TPSA) is 58.1 Å². The van der Waals surface area contributed by atoms with Crippen LogP contribution in [0.15, 0.2) is 30.3 Å². The molecule has 2 aliphatic rings. The van der Waals surface area contributed by atoms with Gasteiger partial charge in [0.1, 0.15) is 11.4 Å². The van der Waals surface area contributed by atoms with Crippen molar-refractivity contribution in [3.05, 3.63) is 47.4 Å². The van der Waals surface area contributed by atoms with Gasteiger partial charge < -0.3 is 5.32 Å². The van der Waals surface area contributed by atoms with Crippen LogP contribution in [0.4, 0.5) is 13.2 Å². The number of carbonyl (C=O) groups is 1. The van der Waals surface area contributed by atoms with Crippen LogP contribution < -0.4 is 5.32 Å². The summed E-state index contributed by atoms with van der Waals surface area (Å²) in [6, 6.07) is 6.64. The monoisotopic (exact) mass is 390 g/mol. The SMILES string of the molecule is Cc1cc(-c2ccc(C(F)(F)F)cc2)nc(C2CCC3(CCNC3=O)N2C)n1. The molecule has 1 aromatic carbocycles. The Morgan fingerprint density at radius 2 is 1.89 bits per heavy atom. The van der Waals surface area contributed by atoms with E-state index in [0.717, 1.165) is 37.1 Å². The molecule has 148 valence electrons. The molecule has 28 heavy (non-hydrogen) atoms. The lowest BCUT2D eigenvalue weighted by Crippen LogP contribution is -2.48. The van der Waals surface area contributed by atoms with Crippen LogP contribution in [-0.2, 0) is 11.0 Å². The van der Waals surface area contributed by atoms with Crippen molar-refractivity contribution in [2.75, 3.05) is 13.6 Å². The lowest BCUT2D eigenvalue weighted by molar-refractivity contribution is -0.137. The van der Waals surface area contributed by atoms with Gasteiger partial charge >= 0.3 is 6.18 Å². The molecule has 1 amide bonds. The Kier molecular flexibility index (Phi) is 4.41. The summed E-state index contributed by atoms with van der Waals surface area (Å²) in [5.74, 6) is 0.655. The van der Waals surface area contributed by atoms with Crippen molar-refractivity contribution in [2.24, 2.45) is 0 Å². The number of nitrogens with one attached hydrogen (secondary N) is 1. The fourth-order valence-corrected chi connectivity index (χ4v) is 4.30. The van der Waals surface area contributed by atoms with E-state index < -0.39 is 17.3 Å². The van der Waals surface area contributed by atoms with E-state index in [2.05, 4.69) is 20.2 Å². The third-order valence-corrected chi connectivity index (χ3v) is 5.90. The molecule has 3 heterocycles. The van der Waals surface area contributed by atoms with Crippen molar-refractivity contribution in [1.29, 1.82) is 0 Å². The second-order valence-electron chi connectivity index (χ2n) is 7.53. The Hall–Kier alpha value is -2.48. The number of nitrogens with zero attached hydrogens (tertiary/aromatic N) is 3. The number of likely N-dealkylation sites (tertiary alicyclic amines) is 1. The Balaban J connectivity index is 1.66. The smallest absolute Gasteiger partial charge is 0.354 e. The van der Waals surface area contributed by atoms with Crippen molar-refractivity contribution < 1.29 is 18.0 Å². The molecular weight excluding hydrogens is 369 g/mol. The molecule has 0 aliphatic carbocycles. The minimum atomic E-state index is -4.37. The van der Waals surface area contributed by atoms with Crippen molar-refractivity contribution in [2.45, 2.75) is 43.9 Å². The number of rotatable bonds is 2. The Labute approximate surface area is 161 Å². The van der Waals surface area contributed by atoms with Gasteiger partial charge in [0.25, 0.3) is 0 Å². The highest BCUT2D eigenvalue weighted by atomic mass is 19.4. The third-order valence-electron chi connectivity index (χ3n) is 5.90. The molecule has 1 aromatic heterocycles. The summed E-state index contributed by atoms with van der Waals surface area (Å²) in [5.41, 5.74) is 0.735. The van der Waals surface area contributed by atoms with E-state index >= 15 is 0 Å². The molecule has 0 bridgehead atoms. The van der Waals surface area contributed by atoms with Gasteiger partial charge in [-0.25, -0.2) is 9.97 Å². The molecule has 2 saturated heterocycles. The minimum Gasteiger partial charge on any atom is -0.354 e. The molecular formula is C20H21F3N4O. The standard InChI is InChI=1S/C20H21F3N4O/c1-12-11-15(13-3-5-14(6-4-13)20(21,22)23)26-17(25-12)16-7-8-19(27(16)2)9-10-24-18(19)28/h3-6,11,16H,7-10H2,1-2H3,(H,24,28). The normalized spacial score (nSPS) is 25.5. The molecule has 0 saturated carbocycles. The molecule has 8 heteroatoms. The predicted octanol–water partition coefficient (Wildman–Crippen LogP) is 3.50. The van der Waals surface area contributed by atoms with Crippen LogP contribution in [0.25, 0.3) is 11.3 Å². The highest BCUT2D eigenvalue weighted by Gasteiger charge is 2.53. The van der Waals surface area contributed by atoms with E-state index in [4.69, 9.17) is 0 Å². The molecule has 1 N–H and O–H groups in total. The van der Waals surface area contributed by atoms with Crippen molar-refractivity contribution in [3.63, 3.8) is 0 Å². The lowest BCUT2D eigenvalue weighted by atomic mass is 9.95. The average Bonchev–Trinajstić information content (AvgIpc) is 3.18. The van der Waals surface area contributed by atoms with Gasteiger partial charge in [0, 0.05) is 17.8 Å². The quantitative estimate of drug-likeness (QED) is 0.853. The maximum atomic E-state index is 12.8. The van der Waals surface area contributed by atoms with Crippen molar-refractivity contribution in [1.82, 2.24) is 20.2 Å². The molecule has 2 aliphatic heterocycles. The van der Waals surface area contributed by atoms with Crippen LogP contribution in [0.2, 0.25) is 0 Å². The highest BCUT2D eigenvalue weighted by molar-refractivity contribution is 5.88. The van der Waals surface area contributed by atoms with Crippen molar-refractivity contribution in [3.8, 4) is 11.3 Å². The highest BCUT2D eigenvalue weighted by Crippen LogP contribution is 2.44. The first kappa shape index (κ1) is 18.9. The fourth-order valence-electron chi connectivity index (χ4n) is 4.30. The molecule has 2 fully saturated rings. The first-order valence-electron chi connectivity index (χ1n) is 9.25. The van der Waals surface area contributed by atoms with E-state index in [1.165, 1.54) is 12.1 Å². The van der Waals surface area contributed by atoms with Gasteiger partial charge in [0.2, 0.25) is 5.91 Å². The minimum absolute atomic E-state index is 0.0492. The van der Waals surface area contributed by atoms with Crippen LogP contribution in [0.3, 0.4) is 0 Å². The zero-order chi connectivity index (χ0) is 20.1. The zero-order valence-electron chi connectivity index (χ0n) is 15.7. The number of alkyl halides is 3. The number of amides is 1. The Morgan fingerprint density at radius 1 is 1.18 bits per heavy atom.